The van der Waals surface area contributed by atoms with E-state index in [4.69, 9.17) is 0 Å². The van der Waals surface area contributed by atoms with E-state index in [1.165, 1.54) is 5.56 Å². The fraction of sp³-hybridized carbons (Fsp3) is 0.190. The van der Waals surface area contributed by atoms with Crippen molar-refractivity contribution < 1.29 is 4.79 Å². The minimum absolute atomic E-state index is 0.135. The second-order valence-electron chi connectivity index (χ2n) is 6.75. The Labute approximate surface area is 157 Å². The molecule has 2 aromatic heterocycles. The molecule has 0 atom stereocenters. The number of para-hydroxylation sites is 1. The van der Waals surface area contributed by atoms with Crippen molar-refractivity contribution in [3.8, 4) is 11.3 Å². The molecule has 1 N–H and O–H groups in total. The number of anilines is 1. The summed E-state index contributed by atoms with van der Waals surface area (Å²) in [6.07, 6.45) is 1.83. The molecule has 6 heteroatoms. The number of hydrogen-bond acceptors (Lipinski definition) is 3. The third-order valence-corrected chi connectivity index (χ3v) is 4.63. The van der Waals surface area contributed by atoms with E-state index in [9.17, 15) is 4.79 Å². The Morgan fingerprint density at radius 1 is 1.07 bits per heavy atom. The molecule has 0 aliphatic heterocycles. The van der Waals surface area contributed by atoms with Gasteiger partial charge in [-0.3, -0.25) is 14.2 Å². The topological polar surface area (TPSA) is 64.7 Å². The molecule has 4 aromatic rings. The van der Waals surface area contributed by atoms with Crippen LogP contribution in [0.2, 0.25) is 0 Å². The fourth-order valence-electron chi connectivity index (χ4n) is 3.23. The number of amides is 1. The summed E-state index contributed by atoms with van der Waals surface area (Å²) in [7, 11) is 1.86. The second-order valence-corrected chi connectivity index (χ2v) is 6.75. The number of carbonyl (C=O) groups is 1. The highest BCUT2D eigenvalue weighted by Crippen LogP contribution is 2.23. The van der Waals surface area contributed by atoms with Gasteiger partial charge in [0.05, 0.1) is 11.2 Å². The third kappa shape index (κ3) is 3.33. The van der Waals surface area contributed by atoms with Crippen LogP contribution in [0.5, 0.6) is 0 Å². The number of nitrogens with zero attached hydrogens (tertiary/aromatic N) is 4. The van der Waals surface area contributed by atoms with Gasteiger partial charge in [0.15, 0.2) is 5.82 Å². The first-order chi connectivity index (χ1) is 13.0. The molecule has 0 fully saturated rings. The zero-order chi connectivity index (χ0) is 19.0. The van der Waals surface area contributed by atoms with E-state index in [1.54, 1.807) is 9.36 Å². The molecule has 136 valence electrons. The number of aromatic nitrogens is 4. The average Bonchev–Trinajstić information content (AvgIpc) is 3.22. The van der Waals surface area contributed by atoms with Crippen molar-refractivity contribution in [2.75, 3.05) is 5.32 Å². The Bertz CT molecular complexity index is 1140. The van der Waals surface area contributed by atoms with Crippen molar-refractivity contribution in [1.82, 2.24) is 19.6 Å². The average molecular weight is 359 g/mol. The van der Waals surface area contributed by atoms with Gasteiger partial charge in [-0.2, -0.15) is 10.2 Å². The zero-order valence-electron chi connectivity index (χ0n) is 15.6. The monoisotopic (exact) mass is 359 g/mol. The Kier molecular flexibility index (Phi) is 4.24. The Morgan fingerprint density at radius 2 is 1.89 bits per heavy atom. The van der Waals surface area contributed by atoms with E-state index in [2.05, 4.69) is 47.6 Å². The lowest BCUT2D eigenvalue weighted by molar-refractivity contribution is -0.116. The van der Waals surface area contributed by atoms with Crippen molar-refractivity contribution in [2.24, 2.45) is 7.05 Å². The Morgan fingerprint density at radius 3 is 2.74 bits per heavy atom. The molecule has 0 spiro atoms. The van der Waals surface area contributed by atoms with Crippen molar-refractivity contribution in [3.63, 3.8) is 0 Å². The largest absolute Gasteiger partial charge is 0.307 e. The SMILES string of the molecule is Cc1ccc(C)c(-c2ccn(CC(=O)Nc3nn(C)c4ccccc34)n2)c1. The van der Waals surface area contributed by atoms with Gasteiger partial charge in [0.2, 0.25) is 5.91 Å². The lowest BCUT2D eigenvalue weighted by Gasteiger charge is -2.05. The number of carbonyl (C=O) groups excluding carboxylic acids is 1. The van der Waals surface area contributed by atoms with Crippen LogP contribution in [-0.4, -0.2) is 25.5 Å². The van der Waals surface area contributed by atoms with Crippen LogP contribution >= 0.6 is 0 Å². The van der Waals surface area contributed by atoms with Gasteiger partial charge in [0.1, 0.15) is 6.54 Å². The van der Waals surface area contributed by atoms with Crippen LogP contribution in [0.3, 0.4) is 0 Å². The van der Waals surface area contributed by atoms with E-state index < -0.39 is 0 Å². The summed E-state index contributed by atoms with van der Waals surface area (Å²) in [6, 6.07) is 16.0. The van der Waals surface area contributed by atoms with Crippen LogP contribution in [0.15, 0.2) is 54.7 Å². The lowest BCUT2D eigenvalue weighted by Crippen LogP contribution is -2.19. The molecule has 0 saturated carbocycles. The molecule has 0 unspecified atom stereocenters. The van der Waals surface area contributed by atoms with Gasteiger partial charge in [0, 0.05) is 24.2 Å². The fourth-order valence-corrected chi connectivity index (χ4v) is 3.23. The van der Waals surface area contributed by atoms with Crippen LogP contribution in [0.4, 0.5) is 5.82 Å². The minimum atomic E-state index is -0.158. The second kappa shape index (κ2) is 6.72. The number of nitrogens with one attached hydrogen (secondary N) is 1. The molecule has 2 heterocycles. The third-order valence-electron chi connectivity index (χ3n) is 4.63. The number of fused-ring (bicyclic) bond motifs is 1. The molecule has 6 nitrogen and oxygen atoms in total. The number of rotatable bonds is 4. The number of hydrogen-bond donors (Lipinski definition) is 1. The Hall–Kier alpha value is -3.41. The predicted molar refractivity (Wildman–Crippen MR) is 106 cm³/mol. The van der Waals surface area contributed by atoms with Gasteiger partial charge in [-0.25, -0.2) is 0 Å². The quantitative estimate of drug-likeness (QED) is 0.604. The first-order valence-corrected chi connectivity index (χ1v) is 8.84. The summed E-state index contributed by atoms with van der Waals surface area (Å²) in [5.41, 5.74) is 5.28. The number of aryl methyl sites for hydroxylation is 3. The van der Waals surface area contributed by atoms with E-state index in [-0.39, 0.29) is 12.5 Å². The lowest BCUT2D eigenvalue weighted by atomic mass is 10.0. The predicted octanol–water partition coefficient (Wildman–Crippen LogP) is 3.69. The highest BCUT2D eigenvalue weighted by molar-refractivity contribution is 5.99. The summed E-state index contributed by atoms with van der Waals surface area (Å²) in [6.45, 7) is 4.26. The first kappa shape index (κ1) is 17.0. The minimum Gasteiger partial charge on any atom is -0.307 e. The van der Waals surface area contributed by atoms with Gasteiger partial charge in [-0.05, 0) is 43.7 Å². The maximum atomic E-state index is 12.5. The molecule has 27 heavy (non-hydrogen) atoms. The summed E-state index contributed by atoms with van der Waals surface area (Å²) in [5.74, 6) is 0.412. The van der Waals surface area contributed by atoms with Crippen LogP contribution in [0.25, 0.3) is 22.2 Å². The van der Waals surface area contributed by atoms with Gasteiger partial charge >= 0.3 is 0 Å². The summed E-state index contributed by atoms with van der Waals surface area (Å²) in [4.78, 5) is 12.5. The Balaban J connectivity index is 1.52. The summed E-state index contributed by atoms with van der Waals surface area (Å²) >= 11 is 0. The van der Waals surface area contributed by atoms with Gasteiger partial charge < -0.3 is 5.32 Å². The van der Waals surface area contributed by atoms with Crippen molar-refractivity contribution in [2.45, 2.75) is 20.4 Å². The smallest absolute Gasteiger partial charge is 0.247 e. The van der Waals surface area contributed by atoms with Gasteiger partial charge in [-0.1, -0.05) is 29.8 Å². The molecule has 4 rings (SSSR count). The highest BCUT2D eigenvalue weighted by atomic mass is 16.2. The standard InChI is InChI=1S/C21H21N5O/c1-14-8-9-15(2)17(12-14)18-10-11-26(23-18)13-20(27)22-21-16-6-4-5-7-19(16)25(3)24-21/h4-12H,13H2,1-3H3,(H,22,24,27). The van der Waals surface area contributed by atoms with Crippen molar-refractivity contribution >= 4 is 22.6 Å². The molecule has 1 amide bonds. The van der Waals surface area contributed by atoms with Crippen molar-refractivity contribution in [3.05, 3.63) is 65.9 Å². The van der Waals surface area contributed by atoms with E-state index in [1.807, 2.05) is 43.6 Å². The molecule has 2 aromatic carbocycles. The highest BCUT2D eigenvalue weighted by Gasteiger charge is 2.13. The molecule has 0 aliphatic rings. The van der Waals surface area contributed by atoms with Crippen molar-refractivity contribution in [1.29, 1.82) is 0 Å². The number of benzene rings is 2. The summed E-state index contributed by atoms with van der Waals surface area (Å²) in [5, 5.41) is 12.8. The summed E-state index contributed by atoms with van der Waals surface area (Å²) < 4.78 is 3.41. The maximum Gasteiger partial charge on any atom is 0.247 e. The molecule has 0 aliphatic carbocycles. The maximum absolute atomic E-state index is 12.5. The first-order valence-electron chi connectivity index (χ1n) is 8.84. The molecule has 0 bridgehead atoms. The zero-order valence-corrected chi connectivity index (χ0v) is 15.6. The van der Waals surface area contributed by atoms with Gasteiger partial charge in [0.25, 0.3) is 0 Å². The van der Waals surface area contributed by atoms with E-state index in [0.717, 1.165) is 27.7 Å². The normalized spacial score (nSPS) is 11.1. The molecular weight excluding hydrogens is 338 g/mol. The molecular formula is C21H21N5O. The van der Waals surface area contributed by atoms with Gasteiger partial charge in [-0.15, -0.1) is 0 Å². The molecule has 0 saturated heterocycles. The van der Waals surface area contributed by atoms with Crippen LogP contribution < -0.4 is 5.32 Å². The van der Waals surface area contributed by atoms with Crippen LogP contribution in [0.1, 0.15) is 11.1 Å². The van der Waals surface area contributed by atoms with Crippen LogP contribution in [-0.2, 0) is 18.4 Å². The van der Waals surface area contributed by atoms with Crippen LogP contribution in [0, 0.1) is 13.8 Å². The molecule has 0 radical (unpaired) electrons. The van der Waals surface area contributed by atoms with E-state index >= 15 is 0 Å². The van der Waals surface area contributed by atoms with E-state index in [0.29, 0.717) is 5.82 Å².